The molecule has 2 heterocycles. The quantitative estimate of drug-likeness (QED) is 0.725. The number of halogens is 3. The van der Waals surface area contributed by atoms with E-state index in [-0.39, 0.29) is 5.82 Å². The lowest BCUT2D eigenvalue weighted by molar-refractivity contribution is -0.159. The van der Waals surface area contributed by atoms with Crippen LogP contribution in [-0.2, 0) is 23.6 Å². The number of imidazole rings is 1. The molecule has 1 aromatic carbocycles. The normalized spacial score (nSPS) is 12.3. The van der Waals surface area contributed by atoms with E-state index in [9.17, 15) is 17.4 Å². The molecule has 0 fully saturated rings. The molecule has 23 heavy (non-hydrogen) atoms. The Kier molecular flexibility index (Phi) is 3.99. The van der Waals surface area contributed by atoms with Crippen LogP contribution in [0.5, 0.6) is 0 Å². The summed E-state index contributed by atoms with van der Waals surface area (Å²) in [7, 11) is 0. The zero-order valence-electron chi connectivity index (χ0n) is 11.4. The van der Waals surface area contributed by atoms with Gasteiger partial charge in [0, 0.05) is 17.4 Å². The molecule has 0 saturated heterocycles. The van der Waals surface area contributed by atoms with Crippen LogP contribution in [0.25, 0.3) is 17.1 Å². The minimum absolute atomic E-state index is 0.136. The molecule has 3 rings (SSSR count). The maximum absolute atomic E-state index is 12.4. The smallest absolute Gasteiger partial charge is 0.329 e. The Morgan fingerprint density at radius 1 is 1.22 bits per heavy atom. The number of benzene rings is 1. The lowest BCUT2D eigenvalue weighted by Gasteiger charge is -2.02. The third-order valence-corrected chi connectivity index (χ3v) is 3.49. The summed E-state index contributed by atoms with van der Waals surface area (Å²) in [5, 5.41) is 3.32. The SMILES string of the molecule is O=[SH2]Cc1cn(-c2ccc(-c3noc(C(F)(F)F)n3)cc2)cn1. The molecule has 0 atom stereocenters. The van der Waals surface area contributed by atoms with E-state index < -0.39 is 23.7 Å². The fourth-order valence-corrected chi connectivity index (χ4v) is 2.24. The Morgan fingerprint density at radius 3 is 2.57 bits per heavy atom. The van der Waals surface area contributed by atoms with E-state index in [1.54, 1.807) is 41.4 Å². The second kappa shape index (κ2) is 5.95. The van der Waals surface area contributed by atoms with Gasteiger partial charge in [0.15, 0.2) is 0 Å². The number of hydrogen-bond acceptors (Lipinski definition) is 5. The molecular weight excluding hydrogens is 333 g/mol. The highest BCUT2D eigenvalue weighted by Crippen LogP contribution is 2.29. The highest BCUT2D eigenvalue weighted by Gasteiger charge is 2.38. The van der Waals surface area contributed by atoms with E-state index >= 15 is 0 Å². The number of aromatic nitrogens is 4. The lowest BCUT2D eigenvalue weighted by Crippen LogP contribution is -2.04. The van der Waals surface area contributed by atoms with Crippen molar-refractivity contribution < 1.29 is 21.9 Å². The second-order valence-corrected chi connectivity index (χ2v) is 5.20. The zero-order chi connectivity index (χ0) is 16.4. The first kappa shape index (κ1) is 15.4. The van der Waals surface area contributed by atoms with E-state index in [1.807, 2.05) is 0 Å². The summed E-state index contributed by atoms with van der Waals surface area (Å²) >= 11 is -0.462. The lowest BCUT2D eigenvalue weighted by atomic mass is 10.2. The zero-order valence-corrected chi connectivity index (χ0v) is 12.4. The molecule has 0 spiro atoms. The molecular formula is C13H10F3N4O2S. The summed E-state index contributed by atoms with van der Waals surface area (Å²) < 4.78 is 53.8. The van der Waals surface area contributed by atoms with Gasteiger partial charge in [0.05, 0.1) is 17.8 Å². The topological polar surface area (TPSA) is 73.8 Å². The maximum atomic E-state index is 12.4. The standard InChI is InChI=1S/C13H10F3N4O2S/c14-13(15,16)12-18-11(19-22-12)8-1-3-10(4-2-8)20-5-9(6-23-21)17-7-20/h1-5,7H,6,23H2. The highest BCUT2D eigenvalue weighted by molar-refractivity contribution is 7.64. The minimum atomic E-state index is -4.67. The van der Waals surface area contributed by atoms with Crippen LogP contribution in [0, 0.1) is 0 Å². The summed E-state index contributed by atoms with van der Waals surface area (Å²) in [5.74, 6) is -1.15. The van der Waals surface area contributed by atoms with Gasteiger partial charge in [-0.3, -0.25) is 4.21 Å². The predicted molar refractivity (Wildman–Crippen MR) is 76.5 cm³/mol. The van der Waals surface area contributed by atoms with E-state index in [0.717, 1.165) is 5.69 Å². The van der Waals surface area contributed by atoms with Crippen molar-refractivity contribution in [2.75, 3.05) is 0 Å². The van der Waals surface area contributed by atoms with Crippen molar-refractivity contribution in [2.24, 2.45) is 0 Å². The van der Waals surface area contributed by atoms with Crippen molar-refractivity contribution in [3.05, 3.63) is 48.4 Å². The largest absolute Gasteiger partial charge is 0.471 e. The molecule has 2 aromatic heterocycles. The summed E-state index contributed by atoms with van der Waals surface area (Å²) in [6.07, 6.45) is -1.36. The van der Waals surface area contributed by atoms with Gasteiger partial charge in [-0.25, -0.2) is 4.98 Å². The van der Waals surface area contributed by atoms with Crippen LogP contribution in [0.15, 0.2) is 41.3 Å². The molecule has 0 aliphatic carbocycles. The van der Waals surface area contributed by atoms with E-state index in [0.29, 0.717) is 17.0 Å². The highest BCUT2D eigenvalue weighted by atomic mass is 32.1. The van der Waals surface area contributed by atoms with E-state index in [2.05, 4.69) is 19.6 Å². The van der Waals surface area contributed by atoms with Crippen molar-refractivity contribution in [1.82, 2.24) is 19.7 Å². The number of hydrogen-bond donors (Lipinski definition) is 0. The molecule has 0 bridgehead atoms. The number of nitrogens with zero attached hydrogens (tertiary/aromatic N) is 4. The first-order chi connectivity index (χ1) is 11.0. The maximum Gasteiger partial charge on any atom is 0.471 e. The van der Waals surface area contributed by atoms with Crippen LogP contribution in [0.2, 0.25) is 0 Å². The van der Waals surface area contributed by atoms with Gasteiger partial charge in [0.1, 0.15) is 0 Å². The molecule has 0 aliphatic heterocycles. The first-order valence-electron chi connectivity index (χ1n) is 6.37. The Balaban J connectivity index is 1.84. The van der Waals surface area contributed by atoms with Crippen LogP contribution in [0.4, 0.5) is 13.2 Å². The van der Waals surface area contributed by atoms with Crippen molar-refractivity contribution in [1.29, 1.82) is 0 Å². The van der Waals surface area contributed by atoms with Gasteiger partial charge >= 0.3 is 12.1 Å². The molecule has 0 N–H and O–H groups in total. The molecule has 6 nitrogen and oxygen atoms in total. The summed E-state index contributed by atoms with van der Waals surface area (Å²) in [6.45, 7) is 0. The summed E-state index contributed by atoms with van der Waals surface area (Å²) in [5.41, 5.74) is 1.84. The molecule has 0 aliphatic rings. The van der Waals surface area contributed by atoms with Gasteiger partial charge in [-0.15, -0.1) is 0 Å². The fraction of sp³-hybridized carbons (Fsp3) is 0.154. The Morgan fingerprint density at radius 2 is 1.96 bits per heavy atom. The van der Waals surface area contributed by atoms with Gasteiger partial charge in [0.2, 0.25) is 5.82 Å². The van der Waals surface area contributed by atoms with Gasteiger partial charge in [-0.05, 0) is 24.3 Å². The Labute approximate surface area is 131 Å². The average molecular weight is 343 g/mol. The predicted octanol–water partition coefficient (Wildman–Crippen LogP) is 2.12. The van der Waals surface area contributed by atoms with Crippen LogP contribution in [0.3, 0.4) is 0 Å². The Hall–Kier alpha value is -2.49. The molecule has 0 saturated carbocycles. The average Bonchev–Trinajstić information content (AvgIpc) is 3.16. The number of rotatable bonds is 4. The van der Waals surface area contributed by atoms with Crippen molar-refractivity contribution >= 4 is 11.7 Å². The van der Waals surface area contributed by atoms with Crippen molar-refractivity contribution in [2.45, 2.75) is 11.9 Å². The minimum Gasteiger partial charge on any atom is -0.329 e. The van der Waals surface area contributed by atoms with E-state index in [4.69, 9.17) is 0 Å². The first-order valence-corrected chi connectivity index (χ1v) is 7.48. The summed E-state index contributed by atoms with van der Waals surface area (Å²) in [6, 6.07) is 6.53. The molecule has 3 aromatic rings. The van der Waals surface area contributed by atoms with Crippen molar-refractivity contribution in [3.63, 3.8) is 0 Å². The van der Waals surface area contributed by atoms with Gasteiger partial charge in [0.25, 0.3) is 0 Å². The second-order valence-electron chi connectivity index (χ2n) is 4.56. The third kappa shape index (κ3) is 3.31. The van der Waals surface area contributed by atoms with Crippen molar-refractivity contribution in [3.8, 4) is 17.1 Å². The fourth-order valence-electron chi connectivity index (χ4n) is 1.91. The van der Waals surface area contributed by atoms with Crippen LogP contribution in [-0.4, -0.2) is 23.9 Å². The molecule has 1 radical (unpaired) electrons. The van der Waals surface area contributed by atoms with Gasteiger partial charge < -0.3 is 9.09 Å². The van der Waals surface area contributed by atoms with Crippen LogP contribution in [0.1, 0.15) is 11.6 Å². The Bertz CT molecular complexity index is 826. The third-order valence-electron chi connectivity index (χ3n) is 2.98. The molecule has 10 heteroatoms. The van der Waals surface area contributed by atoms with Crippen LogP contribution >= 0.6 is 0 Å². The summed E-state index contributed by atoms with van der Waals surface area (Å²) in [4.78, 5) is 7.43. The molecule has 121 valence electrons. The monoisotopic (exact) mass is 343 g/mol. The molecule has 0 unspecified atom stereocenters. The van der Waals surface area contributed by atoms with Crippen LogP contribution < -0.4 is 0 Å². The van der Waals surface area contributed by atoms with Gasteiger partial charge in [-0.2, -0.15) is 18.2 Å². The van der Waals surface area contributed by atoms with Gasteiger partial charge in [-0.1, -0.05) is 16.8 Å². The number of alkyl halides is 3. The van der Waals surface area contributed by atoms with E-state index in [1.165, 1.54) is 0 Å². The molecule has 0 amide bonds.